The van der Waals surface area contributed by atoms with Crippen LogP contribution in [0.4, 0.5) is 0 Å². The molecule has 1 unspecified atom stereocenters. The number of nitrogens with one attached hydrogen (secondary N) is 1. The molecule has 2 aliphatic carbocycles. The highest BCUT2D eigenvalue weighted by Crippen LogP contribution is 2.42. The number of rotatable bonds is 2. The van der Waals surface area contributed by atoms with E-state index in [1.165, 1.54) is 19.4 Å². The summed E-state index contributed by atoms with van der Waals surface area (Å²) in [6, 6.07) is 0. The Hall–Kier alpha value is -0.300. The van der Waals surface area contributed by atoms with Crippen LogP contribution in [0.2, 0.25) is 0 Å². The molecule has 0 heterocycles. The summed E-state index contributed by atoms with van der Waals surface area (Å²) in [5.74, 6) is 2.79. The van der Waals surface area contributed by atoms with E-state index in [0.29, 0.717) is 0 Å². The van der Waals surface area contributed by atoms with Gasteiger partial charge in [0.15, 0.2) is 0 Å². The molecule has 2 rings (SSSR count). The van der Waals surface area contributed by atoms with Crippen LogP contribution in [0.15, 0.2) is 12.2 Å². The zero-order valence-electron chi connectivity index (χ0n) is 6.51. The largest absolute Gasteiger partial charge is 0.319 e. The average Bonchev–Trinajstić information content (AvgIpc) is 2.48. The highest BCUT2D eigenvalue weighted by atomic mass is 14.8. The minimum absolute atomic E-state index is 0.914. The third kappa shape index (κ3) is 0.891. The summed E-state index contributed by atoms with van der Waals surface area (Å²) in [5, 5.41) is 3.26. The van der Waals surface area contributed by atoms with E-state index < -0.39 is 0 Å². The van der Waals surface area contributed by atoms with Gasteiger partial charge in [0.25, 0.3) is 0 Å². The zero-order valence-corrected chi connectivity index (χ0v) is 6.51. The molecular weight excluding hydrogens is 122 g/mol. The van der Waals surface area contributed by atoms with Gasteiger partial charge in [-0.3, -0.25) is 0 Å². The Bertz CT molecular complexity index is 151. The fourth-order valence-electron chi connectivity index (χ4n) is 2.39. The van der Waals surface area contributed by atoms with Crippen molar-refractivity contribution in [1.82, 2.24) is 5.32 Å². The summed E-state index contributed by atoms with van der Waals surface area (Å²) in [4.78, 5) is 0. The van der Waals surface area contributed by atoms with Crippen molar-refractivity contribution in [1.29, 1.82) is 0 Å². The molecule has 0 aromatic carbocycles. The zero-order chi connectivity index (χ0) is 6.97. The SMILES string of the molecule is CNCC1C[C@@H]2C=C[C@H]1C2. The van der Waals surface area contributed by atoms with Gasteiger partial charge >= 0.3 is 0 Å². The molecule has 10 heavy (non-hydrogen) atoms. The third-order valence-corrected chi connectivity index (χ3v) is 2.88. The van der Waals surface area contributed by atoms with Crippen LogP contribution in [-0.4, -0.2) is 13.6 Å². The predicted octanol–water partition coefficient (Wildman–Crippen LogP) is 1.42. The molecule has 1 heteroatoms. The molecule has 3 atom stereocenters. The molecule has 1 fully saturated rings. The molecule has 0 spiro atoms. The molecule has 56 valence electrons. The third-order valence-electron chi connectivity index (χ3n) is 2.88. The Morgan fingerprint density at radius 1 is 1.40 bits per heavy atom. The van der Waals surface area contributed by atoms with Crippen LogP contribution < -0.4 is 5.32 Å². The Labute approximate surface area is 62.5 Å². The van der Waals surface area contributed by atoms with E-state index in [1.54, 1.807) is 0 Å². The summed E-state index contributed by atoms with van der Waals surface area (Å²) in [7, 11) is 2.05. The minimum atomic E-state index is 0.914. The second-order valence-corrected chi connectivity index (χ2v) is 3.60. The van der Waals surface area contributed by atoms with E-state index in [-0.39, 0.29) is 0 Å². The van der Waals surface area contributed by atoms with Crippen molar-refractivity contribution in [3.63, 3.8) is 0 Å². The molecule has 0 amide bonds. The van der Waals surface area contributed by atoms with Gasteiger partial charge in [0.2, 0.25) is 0 Å². The fraction of sp³-hybridized carbons (Fsp3) is 0.778. The van der Waals surface area contributed by atoms with Crippen molar-refractivity contribution in [2.24, 2.45) is 17.8 Å². The molecule has 2 aliphatic rings. The van der Waals surface area contributed by atoms with E-state index in [2.05, 4.69) is 24.5 Å². The van der Waals surface area contributed by atoms with Crippen molar-refractivity contribution >= 4 is 0 Å². The first-order chi connectivity index (χ1) is 4.90. The number of fused-ring (bicyclic) bond motifs is 2. The minimum Gasteiger partial charge on any atom is -0.319 e. The van der Waals surface area contributed by atoms with Gasteiger partial charge in [-0.25, -0.2) is 0 Å². The Morgan fingerprint density at radius 2 is 2.30 bits per heavy atom. The van der Waals surface area contributed by atoms with Gasteiger partial charge < -0.3 is 5.32 Å². The Balaban J connectivity index is 1.96. The van der Waals surface area contributed by atoms with Crippen LogP contribution in [0.5, 0.6) is 0 Å². The summed E-state index contributed by atoms with van der Waals surface area (Å²) < 4.78 is 0. The lowest BCUT2D eigenvalue weighted by atomic mass is 9.94. The number of allylic oxidation sites excluding steroid dienone is 2. The van der Waals surface area contributed by atoms with Gasteiger partial charge in [-0.15, -0.1) is 0 Å². The standard InChI is InChI=1S/C9H15N/c1-10-6-9-5-7-2-3-8(9)4-7/h2-3,7-10H,4-6H2,1H3/t7-,8+,9?/m1/s1. The normalized spacial score (nSPS) is 43.1. The molecule has 0 aromatic rings. The second kappa shape index (κ2) is 2.39. The quantitative estimate of drug-likeness (QED) is 0.567. The topological polar surface area (TPSA) is 12.0 Å². The van der Waals surface area contributed by atoms with Crippen molar-refractivity contribution < 1.29 is 0 Å². The molecule has 0 aromatic heterocycles. The predicted molar refractivity (Wildman–Crippen MR) is 42.8 cm³/mol. The van der Waals surface area contributed by atoms with E-state index in [4.69, 9.17) is 0 Å². The van der Waals surface area contributed by atoms with E-state index in [0.717, 1.165) is 17.8 Å². The van der Waals surface area contributed by atoms with Crippen LogP contribution in [0.25, 0.3) is 0 Å². The lowest BCUT2D eigenvalue weighted by molar-refractivity contribution is 0.430. The smallest absolute Gasteiger partial charge is 0.00177 e. The summed E-state index contributed by atoms with van der Waals surface area (Å²) in [5.41, 5.74) is 0. The molecule has 1 nitrogen and oxygen atoms in total. The van der Waals surface area contributed by atoms with Crippen LogP contribution in [-0.2, 0) is 0 Å². The maximum absolute atomic E-state index is 3.26. The van der Waals surface area contributed by atoms with Crippen molar-refractivity contribution in [3.8, 4) is 0 Å². The highest BCUT2D eigenvalue weighted by molar-refractivity contribution is 5.10. The fourth-order valence-corrected chi connectivity index (χ4v) is 2.39. The maximum atomic E-state index is 3.26. The molecule has 0 saturated heterocycles. The monoisotopic (exact) mass is 137 g/mol. The first-order valence-corrected chi connectivity index (χ1v) is 4.23. The van der Waals surface area contributed by atoms with Crippen LogP contribution in [0, 0.1) is 17.8 Å². The lowest BCUT2D eigenvalue weighted by Gasteiger charge is -2.16. The molecular formula is C9H15N. The summed E-state index contributed by atoms with van der Waals surface area (Å²) >= 11 is 0. The molecule has 0 aliphatic heterocycles. The molecule has 2 bridgehead atoms. The first kappa shape index (κ1) is 6.41. The lowest BCUT2D eigenvalue weighted by Crippen LogP contribution is -2.21. The Morgan fingerprint density at radius 3 is 2.80 bits per heavy atom. The van der Waals surface area contributed by atoms with Crippen LogP contribution in [0.1, 0.15) is 12.8 Å². The van der Waals surface area contributed by atoms with Gasteiger partial charge in [0.05, 0.1) is 0 Å². The van der Waals surface area contributed by atoms with Gasteiger partial charge in [-0.05, 0) is 44.2 Å². The van der Waals surface area contributed by atoms with Crippen molar-refractivity contribution in [2.75, 3.05) is 13.6 Å². The van der Waals surface area contributed by atoms with E-state index >= 15 is 0 Å². The highest BCUT2D eigenvalue weighted by Gasteiger charge is 2.34. The van der Waals surface area contributed by atoms with E-state index in [1.807, 2.05) is 0 Å². The molecule has 1 saturated carbocycles. The maximum Gasteiger partial charge on any atom is -0.00177 e. The first-order valence-electron chi connectivity index (χ1n) is 4.23. The number of hydrogen-bond acceptors (Lipinski definition) is 1. The molecule has 1 N–H and O–H groups in total. The number of hydrogen-bond donors (Lipinski definition) is 1. The summed E-state index contributed by atoms with van der Waals surface area (Å²) in [6.45, 7) is 1.21. The van der Waals surface area contributed by atoms with Gasteiger partial charge in [-0.2, -0.15) is 0 Å². The molecule has 0 radical (unpaired) electrons. The van der Waals surface area contributed by atoms with Gasteiger partial charge in [0, 0.05) is 0 Å². The Kier molecular flexibility index (Phi) is 1.53. The van der Waals surface area contributed by atoms with Crippen molar-refractivity contribution in [2.45, 2.75) is 12.8 Å². The van der Waals surface area contributed by atoms with Crippen LogP contribution in [0.3, 0.4) is 0 Å². The second-order valence-electron chi connectivity index (χ2n) is 3.60. The van der Waals surface area contributed by atoms with Crippen molar-refractivity contribution in [3.05, 3.63) is 12.2 Å². The van der Waals surface area contributed by atoms with Gasteiger partial charge in [-0.1, -0.05) is 12.2 Å². The average molecular weight is 137 g/mol. The van der Waals surface area contributed by atoms with E-state index in [9.17, 15) is 0 Å². The van der Waals surface area contributed by atoms with Crippen LogP contribution >= 0.6 is 0 Å². The summed E-state index contributed by atoms with van der Waals surface area (Å²) in [6.07, 6.45) is 7.68. The van der Waals surface area contributed by atoms with Gasteiger partial charge in [0.1, 0.15) is 0 Å².